The predicted octanol–water partition coefficient (Wildman–Crippen LogP) is 1.10. The van der Waals surface area contributed by atoms with Crippen LogP contribution in [-0.2, 0) is 52.3 Å². The molecule has 2 aliphatic rings. The van der Waals surface area contributed by atoms with Crippen LogP contribution in [-0.4, -0.2) is 148 Å². The van der Waals surface area contributed by atoms with E-state index >= 15 is 0 Å². The van der Waals surface area contributed by atoms with Crippen molar-refractivity contribution in [3.05, 3.63) is 95.6 Å². The van der Waals surface area contributed by atoms with Gasteiger partial charge in [-0.25, -0.2) is 14.4 Å². The van der Waals surface area contributed by atoms with Gasteiger partial charge in [-0.1, -0.05) is 24.3 Å². The van der Waals surface area contributed by atoms with Gasteiger partial charge in [-0.3, -0.25) is 4.79 Å². The predicted molar refractivity (Wildman–Crippen MR) is 214 cm³/mol. The second-order valence-corrected chi connectivity index (χ2v) is 13.9. The van der Waals surface area contributed by atoms with Gasteiger partial charge in [-0.05, 0) is 71.3 Å². The molecule has 3 aromatic carbocycles. The van der Waals surface area contributed by atoms with Crippen molar-refractivity contribution in [2.45, 2.75) is 61.7 Å². The first kappa shape index (κ1) is 47.5. The number of carbonyl (C=O) groups is 4. The van der Waals surface area contributed by atoms with Crippen LogP contribution in [0.15, 0.2) is 78.9 Å². The number of aliphatic hydroxyl groups is 4. The maximum Gasteiger partial charge on any atom is 0.331 e. The van der Waals surface area contributed by atoms with E-state index in [1.54, 1.807) is 0 Å². The van der Waals surface area contributed by atoms with Crippen molar-refractivity contribution in [2.24, 2.45) is 0 Å². The SMILES string of the molecule is COc1cc(/C=C/C(=O)OC[C@H]2O[C@@](CO)(O[C@H]3O[C@H](CO)[C@@H](OC(=O)/C=C/c4ccc(O)cc4)[C@H](O)[C@H]3OC(C)=O)[C@@H](OC(=O)/C=C/c3ccc(O)c(OC)c3)[C@H]2O)ccc1O. The molecule has 0 amide bonds. The number of phenolic OH excluding ortho intramolecular Hbond substituents is 3. The second kappa shape index (κ2) is 21.5. The zero-order valence-electron chi connectivity index (χ0n) is 33.9. The van der Waals surface area contributed by atoms with Gasteiger partial charge in [0, 0.05) is 25.2 Å². The fraction of sp³-hybridized carbons (Fsp3) is 0.349. The van der Waals surface area contributed by atoms with Gasteiger partial charge in [0.05, 0.1) is 20.8 Å². The zero-order valence-corrected chi connectivity index (χ0v) is 33.9. The number of methoxy groups -OCH3 is 2. The molecule has 2 saturated heterocycles. The van der Waals surface area contributed by atoms with Gasteiger partial charge < -0.3 is 78.4 Å². The summed E-state index contributed by atoms with van der Waals surface area (Å²) in [7, 11) is 2.66. The monoisotopic (exact) mass is 882 g/mol. The third kappa shape index (κ3) is 12.1. The highest BCUT2D eigenvalue weighted by atomic mass is 16.8. The molecule has 2 aliphatic heterocycles. The van der Waals surface area contributed by atoms with E-state index < -0.39 is 98.5 Å². The number of benzene rings is 3. The van der Waals surface area contributed by atoms with Crippen LogP contribution in [0, 0.1) is 0 Å². The highest BCUT2D eigenvalue weighted by Gasteiger charge is 2.62. The van der Waals surface area contributed by atoms with Crippen LogP contribution in [0.2, 0.25) is 0 Å². The standard InChI is InChI=1S/C43H46O20/c1-23(46)58-40-38(54)39(60-35(51)16-8-24-4-11-27(47)12-5-24)32(20-44)59-42(40)63-43(22-45)41(61-36(52)17-10-26-7-14-29(49)31(19-26)56-3)37(53)33(62-43)21-57-34(50)15-9-25-6-13-28(48)30(18-25)55-2/h4-19,32-33,37-42,44-45,47-49,53-54H,20-22H2,1-3H3/b15-9+,16-8+,17-10+/t32-,33-,37+,38+,39-,40-,41+,42-,43+/m1/s1. The summed E-state index contributed by atoms with van der Waals surface area (Å²) < 4.78 is 49.5. The van der Waals surface area contributed by atoms with E-state index in [0.717, 1.165) is 25.2 Å². The lowest BCUT2D eigenvalue weighted by Crippen LogP contribution is -2.64. The molecule has 338 valence electrons. The summed E-state index contributed by atoms with van der Waals surface area (Å²) in [6.07, 6.45) is -7.79. The number of ether oxygens (including phenoxy) is 9. The number of esters is 4. The van der Waals surface area contributed by atoms with E-state index in [-0.39, 0.29) is 28.7 Å². The third-order valence-electron chi connectivity index (χ3n) is 9.53. The lowest BCUT2D eigenvalue weighted by atomic mass is 9.98. The van der Waals surface area contributed by atoms with Crippen molar-refractivity contribution in [3.8, 4) is 28.7 Å². The van der Waals surface area contributed by atoms with E-state index in [1.807, 2.05) is 0 Å². The molecule has 0 bridgehead atoms. The van der Waals surface area contributed by atoms with Gasteiger partial charge in [0.2, 0.25) is 12.1 Å². The Kier molecular flexibility index (Phi) is 16.2. The summed E-state index contributed by atoms with van der Waals surface area (Å²) in [4.78, 5) is 51.3. The Bertz CT molecular complexity index is 2170. The van der Waals surface area contributed by atoms with Gasteiger partial charge in [0.25, 0.3) is 0 Å². The highest BCUT2D eigenvalue weighted by Crippen LogP contribution is 2.39. The number of aromatic hydroxyl groups is 3. The minimum absolute atomic E-state index is 0.0124. The molecule has 0 saturated carbocycles. The molecule has 3 aromatic rings. The Morgan fingerprint density at radius 1 is 0.683 bits per heavy atom. The molecule has 20 heteroatoms. The fourth-order valence-corrected chi connectivity index (χ4v) is 6.42. The topological polar surface area (TPSA) is 293 Å². The number of hydrogen-bond acceptors (Lipinski definition) is 20. The fourth-order valence-electron chi connectivity index (χ4n) is 6.42. The molecular weight excluding hydrogens is 836 g/mol. The molecule has 0 unspecified atom stereocenters. The van der Waals surface area contributed by atoms with Crippen LogP contribution >= 0.6 is 0 Å². The average molecular weight is 883 g/mol. The Morgan fingerprint density at radius 2 is 1.22 bits per heavy atom. The summed E-state index contributed by atoms with van der Waals surface area (Å²) >= 11 is 0. The Morgan fingerprint density at radius 3 is 1.76 bits per heavy atom. The van der Waals surface area contributed by atoms with Crippen LogP contribution in [0.5, 0.6) is 28.7 Å². The van der Waals surface area contributed by atoms with E-state index in [4.69, 9.17) is 42.6 Å². The van der Waals surface area contributed by atoms with Crippen LogP contribution in [0.3, 0.4) is 0 Å². The van der Waals surface area contributed by atoms with Gasteiger partial charge in [0.1, 0.15) is 43.4 Å². The first-order valence-corrected chi connectivity index (χ1v) is 19.0. The Hall–Kier alpha value is -6.52. The minimum Gasteiger partial charge on any atom is -0.508 e. The second-order valence-electron chi connectivity index (χ2n) is 13.9. The summed E-state index contributed by atoms with van der Waals surface area (Å²) in [6, 6.07) is 14.2. The molecule has 2 heterocycles. The van der Waals surface area contributed by atoms with E-state index in [9.17, 15) is 54.9 Å². The quantitative estimate of drug-likeness (QED) is 0.0567. The number of aliphatic hydroxyl groups excluding tert-OH is 4. The van der Waals surface area contributed by atoms with Crippen LogP contribution in [0.4, 0.5) is 0 Å². The van der Waals surface area contributed by atoms with Crippen molar-refractivity contribution in [3.63, 3.8) is 0 Å². The van der Waals surface area contributed by atoms with Crippen molar-refractivity contribution in [1.29, 1.82) is 0 Å². The molecule has 7 N–H and O–H groups in total. The maximum atomic E-state index is 13.3. The number of carbonyl (C=O) groups excluding carboxylic acids is 4. The van der Waals surface area contributed by atoms with Crippen molar-refractivity contribution < 1.29 is 97.6 Å². The smallest absolute Gasteiger partial charge is 0.331 e. The summed E-state index contributed by atoms with van der Waals surface area (Å²) in [5.74, 6) is -6.83. The van der Waals surface area contributed by atoms with E-state index in [1.165, 1.54) is 93.1 Å². The first-order valence-electron chi connectivity index (χ1n) is 19.0. The molecular formula is C43H46O20. The Balaban J connectivity index is 1.40. The number of rotatable bonds is 17. The largest absolute Gasteiger partial charge is 0.508 e. The minimum atomic E-state index is -2.64. The van der Waals surface area contributed by atoms with Crippen LogP contribution < -0.4 is 9.47 Å². The molecule has 63 heavy (non-hydrogen) atoms. The average Bonchev–Trinajstić information content (AvgIpc) is 3.52. The maximum absolute atomic E-state index is 13.3. The van der Waals surface area contributed by atoms with Crippen LogP contribution in [0.1, 0.15) is 23.6 Å². The summed E-state index contributed by atoms with van der Waals surface area (Å²) in [5, 5.41) is 73.5. The lowest BCUT2D eigenvalue weighted by molar-refractivity contribution is -0.383. The molecule has 0 aliphatic carbocycles. The first-order chi connectivity index (χ1) is 30.1. The highest BCUT2D eigenvalue weighted by molar-refractivity contribution is 5.88. The van der Waals surface area contributed by atoms with Crippen molar-refractivity contribution in [2.75, 3.05) is 34.0 Å². The zero-order chi connectivity index (χ0) is 45.8. The third-order valence-corrected chi connectivity index (χ3v) is 9.53. The summed E-state index contributed by atoms with van der Waals surface area (Å²) in [6.45, 7) is -1.92. The normalized spacial score (nSPS) is 25.8. The van der Waals surface area contributed by atoms with Crippen molar-refractivity contribution in [1.82, 2.24) is 0 Å². The lowest BCUT2D eigenvalue weighted by Gasteiger charge is -2.45. The van der Waals surface area contributed by atoms with Gasteiger partial charge in [0.15, 0.2) is 41.3 Å². The van der Waals surface area contributed by atoms with E-state index in [0.29, 0.717) is 16.7 Å². The number of phenols is 3. The van der Waals surface area contributed by atoms with Gasteiger partial charge in [-0.15, -0.1) is 0 Å². The summed E-state index contributed by atoms with van der Waals surface area (Å²) in [5.41, 5.74) is 1.31. The molecule has 20 nitrogen and oxygen atoms in total. The number of hydrogen-bond donors (Lipinski definition) is 7. The van der Waals surface area contributed by atoms with Crippen molar-refractivity contribution >= 4 is 42.1 Å². The molecule has 9 atom stereocenters. The molecule has 2 fully saturated rings. The molecule has 0 spiro atoms. The van der Waals surface area contributed by atoms with Crippen LogP contribution in [0.25, 0.3) is 18.2 Å². The van der Waals surface area contributed by atoms with E-state index in [2.05, 4.69) is 0 Å². The molecule has 5 rings (SSSR count). The van der Waals surface area contributed by atoms with Gasteiger partial charge in [-0.2, -0.15) is 0 Å². The molecule has 0 radical (unpaired) electrons. The molecule has 0 aromatic heterocycles. The Labute approximate surface area is 359 Å². The van der Waals surface area contributed by atoms with Gasteiger partial charge >= 0.3 is 23.9 Å².